The van der Waals surface area contributed by atoms with Crippen molar-refractivity contribution in [1.82, 2.24) is 9.88 Å². The van der Waals surface area contributed by atoms with Crippen LogP contribution in [0.4, 0.5) is 0 Å². The summed E-state index contributed by atoms with van der Waals surface area (Å²) >= 11 is 0. The van der Waals surface area contributed by atoms with E-state index >= 15 is 0 Å². The van der Waals surface area contributed by atoms with Crippen LogP contribution in [-0.4, -0.2) is 45.3 Å². The number of aromatic hydroxyl groups is 1. The lowest BCUT2D eigenvalue weighted by molar-refractivity contribution is -0.168. The van der Waals surface area contributed by atoms with Gasteiger partial charge in [-0.2, -0.15) is 0 Å². The third-order valence-electron chi connectivity index (χ3n) is 8.30. The number of phenolic OH excluding ortho intramolecular Hbond substituents is 1. The second-order valence-electron chi connectivity index (χ2n) is 9.60. The fraction of sp³-hybridized carbons (Fsp3) is 0.346. The minimum atomic E-state index is -0.972. The van der Waals surface area contributed by atoms with Crippen LogP contribution in [0.25, 0.3) is 11.1 Å². The van der Waals surface area contributed by atoms with Crippen molar-refractivity contribution in [3.8, 4) is 22.6 Å². The predicted octanol–water partition coefficient (Wildman–Crippen LogP) is 3.37. The third-order valence-corrected chi connectivity index (χ3v) is 8.30. The van der Waals surface area contributed by atoms with Gasteiger partial charge in [-0.25, -0.2) is 0 Å². The molecule has 1 aromatic heterocycles. The molecule has 1 fully saturated rings. The Morgan fingerprint density at radius 1 is 1.10 bits per heavy atom. The monoisotopic (exact) mass is 412 g/mol. The van der Waals surface area contributed by atoms with Crippen LogP contribution in [0, 0.1) is 0 Å². The van der Waals surface area contributed by atoms with E-state index in [-0.39, 0.29) is 17.9 Å². The summed E-state index contributed by atoms with van der Waals surface area (Å²) in [6.45, 7) is 0.888. The summed E-state index contributed by atoms with van der Waals surface area (Å²) in [5.41, 5.74) is 4.76. The van der Waals surface area contributed by atoms with Crippen molar-refractivity contribution in [3.63, 3.8) is 0 Å². The maximum Gasteiger partial charge on any atom is 0.166 e. The first kappa shape index (κ1) is 17.8. The number of pyridine rings is 1. The maximum atomic E-state index is 12.5. The zero-order valence-corrected chi connectivity index (χ0v) is 17.4. The highest BCUT2D eigenvalue weighted by atomic mass is 16.5. The van der Waals surface area contributed by atoms with Gasteiger partial charge in [0.25, 0.3) is 0 Å². The lowest BCUT2D eigenvalue weighted by Crippen LogP contribution is -2.74. The minimum absolute atomic E-state index is 0.00359. The number of nitrogens with zero attached hydrogens (tertiary/aromatic N) is 2. The van der Waals surface area contributed by atoms with Gasteiger partial charge in [-0.3, -0.25) is 4.98 Å². The SMILES string of the molecule is CN1CC[C@]23c4c5ccc(O)c4O[C@H]2c2ncc(-c4ccccc4)cc2C[C@@]3(O)[C@H]1C5. The molecule has 0 radical (unpaired) electrons. The highest BCUT2D eigenvalue weighted by Gasteiger charge is 2.72. The molecule has 5 nitrogen and oxygen atoms in total. The Hall–Kier alpha value is -2.89. The molecule has 31 heavy (non-hydrogen) atoms. The first-order chi connectivity index (χ1) is 15.0. The number of phenols is 1. The molecule has 4 atom stereocenters. The Morgan fingerprint density at radius 2 is 1.94 bits per heavy atom. The Labute approximate surface area is 180 Å². The van der Waals surface area contributed by atoms with Crippen molar-refractivity contribution < 1.29 is 14.9 Å². The van der Waals surface area contributed by atoms with Crippen LogP contribution in [0.2, 0.25) is 0 Å². The molecule has 7 rings (SSSR count). The standard InChI is InChI=1S/C26H24N2O3/c1-28-10-9-25-21-16-7-8-19(29)23(21)31-24(25)22-17(13-26(25,30)20(28)12-16)11-18(14-27-22)15-5-3-2-4-6-15/h2-8,11,14,20,24,29-30H,9-10,12-13H2,1H3/t20-,24+,25+,26-/m1/s1. The summed E-state index contributed by atoms with van der Waals surface area (Å²) in [7, 11) is 2.11. The lowest BCUT2D eigenvalue weighted by Gasteiger charge is -2.62. The number of ether oxygens (including phenoxy) is 1. The average molecular weight is 412 g/mol. The van der Waals surface area contributed by atoms with Gasteiger partial charge < -0.3 is 19.8 Å². The molecular formula is C26H24N2O3. The highest BCUT2D eigenvalue weighted by molar-refractivity contribution is 5.67. The topological polar surface area (TPSA) is 65.8 Å². The molecule has 0 unspecified atom stereocenters. The number of hydrogen-bond acceptors (Lipinski definition) is 5. The molecule has 156 valence electrons. The van der Waals surface area contributed by atoms with E-state index in [4.69, 9.17) is 9.72 Å². The molecule has 5 heteroatoms. The largest absolute Gasteiger partial charge is 0.504 e. The van der Waals surface area contributed by atoms with E-state index < -0.39 is 11.0 Å². The zero-order valence-electron chi connectivity index (χ0n) is 17.4. The van der Waals surface area contributed by atoms with Gasteiger partial charge in [0.1, 0.15) is 0 Å². The molecular weight excluding hydrogens is 388 g/mol. The average Bonchev–Trinajstić information content (AvgIpc) is 3.14. The Balaban J connectivity index is 1.49. The van der Waals surface area contributed by atoms with Crippen LogP contribution in [0.1, 0.15) is 34.9 Å². The van der Waals surface area contributed by atoms with Gasteiger partial charge in [-0.1, -0.05) is 36.4 Å². The number of aliphatic hydroxyl groups is 1. The van der Waals surface area contributed by atoms with Gasteiger partial charge in [-0.05, 0) is 55.3 Å². The van der Waals surface area contributed by atoms with Crippen LogP contribution in [0.3, 0.4) is 0 Å². The van der Waals surface area contributed by atoms with Crippen LogP contribution >= 0.6 is 0 Å². The molecule has 2 aliphatic carbocycles. The molecule has 2 bridgehead atoms. The number of hydrogen-bond donors (Lipinski definition) is 2. The second-order valence-corrected chi connectivity index (χ2v) is 9.60. The zero-order chi connectivity index (χ0) is 21.0. The van der Waals surface area contributed by atoms with Gasteiger partial charge in [0.2, 0.25) is 0 Å². The molecule has 2 aromatic carbocycles. The maximum absolute atomic E-state index is 12.5. The quantitative estimate of drug-likeness (QED) is 0.642. The van der Waals surface area contributed by atoms with E-state index in [9.17, 15) is 10.2 Å². The van der Waals surface area contributed by atoms with Crippen molar-refractivity contribution >= 4 is 0 Å². The molecule has 0 saturated carbocycles. The van der Waals surface area contributed by atoms with Crippen molar-refractivity contribution in [1.29, 1.82) is 0 Å². The van der Waals surface area contributed by atoms with Crippen molar-refractivity contribution in [2.24, 2.45) is 0 Å². The summed E-state index contributed by atoms with van der Waals surface area (Å²) in [6, 6.07) is 16.1. The fourth-order valence-corrected chi connectivity index (χ4v) is 6.90. The van der Waals surface area contributed by atoms with Gasteiger partial charge >= 0.3 is 0 Å². The number of rotatable bonds is 1. The molecule has 2 aliphatic heterocycles. The van der Waals surface area contributed by atoms with Crippen LogP contribution in [0.15, 0.2) is 54.7 Å². The van der Waals surface area contributed by atoms with E-state index in [1.165, 1.54) is 5.56 Å². The van der Waals surface area contributed by atoms with Gasteiger partial charge in [0.05, 0.1) is 16.7 Å². The Morgan fingerprint density at radius 3 is 2.77 bits per heavy atom. The number of likely N-dealkylation sites (tertiary alicyclic amines) is 1. The van der Waals surface area contributed by atoms with E-state index in [1.807, 2.05) is 30.5 Å². The van der Waals surface area contributed by atoms with Crippen molar-refractivity contribution in [2.75, 3.05) is 13.6 Å². The normalized spacial score (nSPS) is 32.2. The molecule has 0 amide bonds. The lowest BCUT2D eigenvalue weighted by atomic mass is 9.49. The number of fused-ring (bicyclic) bond motifs is 2. The molecule has 1 saturated heterocycles. The van der Waals surface area contributed by atoms with E-state index in [2.05, 4.69) is 30.1 Å². The molecule has 4 aliphatic rings. The third kappa shape index (κ3) is 1.97. The molecule has 3 aromatic rings. The summed E-state index contributed by atoms with van der Waals surface area (Å²) in [6.07, 6.45) is 3.61. The second kappa shape index (κ2) is 5.67. The Kier molecular flexibility index (Phi) is 3.25. The van der Waals surface area contributed by atoms with Crippen LogP contribution < -0.4 is 4.74 Å². The van der Waals surface area contributed by atoms with Crippen LogP contribution in [0.5, 0.6) is 11.5 Å². The molecule has 1 spiro atoms. The first-order valence-corrected chi connectivity index (χ1v) is 11.0. The van der Waals surface area contributed by atoms with Crippen molar-refractivity contribution in [3.05, 3.63) is 77.1 Å². The fourth-order valence-electron chi connectivity index (χ4n) is 6.90. The van der Waals surface area contributed by atoms with Crippen molar-refractivity contribution in [2.45, 2.75) is 42.4 Å². The summed E-state index contributed by atoms with van der Waals surface area (Å²) in [4.78, 5) is 7.20. The van der Waals surface area contributed by atoms with E-state index in [0.29, 0.717) is 12.2 Å². The number of likely N-dealkylation sites (N-methyl/N-ethyl adjacent to an activating group) is 1. The number of aromatic nitrogens is 1. The van der Waals surface area contributed by atoms with E-state index in [0.717, 1.165) is 47.3 Å². The summed E-state index contributed by atoms with van der Waals surface area (Å²) in [5.74, 6) is 0.704. The first-order valence-electron chi connectivity index (χ1n) is 11.0. The van der Waals surface area contributed by atoms with Gasteiger partial charge in [-0.15, -0.1) is 0 Å². The smallest absolute Gasteiger partial charge is 0.166 e. The summed E-state index contributed by atoms with van der Waals surface area (Å²) < 4.78 is 6.49. The minimum Gasteiger partial charge on any atom is -0.504 e. The Bertz CT molecular complexity index is 1240. The number of benzene rings is 2. The van der Waals surface area contributed by atoms with E-state index in [1.54, 1.807) is 6.07 Å². The predicted molar refractivity (Wildman–Crippen MR) is 116 cm³/mol. The summed E-state index contributed by atoms with van der Waals surface area (Å²) in [5, 5.41) is 23.1. The van der Waals surface area contributed by atoms with Gasteiger partial charge in [0, 0.05) is 29.8 Å². The highest BCUT2D eigenvalue weighted by Crippen LogP contribution is 2.68. The van der Waals surface area contributed by atoms with Crippen LogP contribution in [-0.2, 0) is 18.3 Å². The molecule has 2 N–H and O–H groups in total. The number of piperidine rings is 1. The molecule has 3 heterocycles. The van der Waals surface area contributed by atoms with Gasteiger partial charge in [0.15, 0.2) is 17.6 Å².